The van der Waals surface area contributed by atoms with Gasteiger partial charge in [0, 0.05) is 0 Å². The van der Waals surface area contributed by atoms with Crippen LogP contribution in [0.25, 0.3) is 6.08 Å². The highest BCUT2D eigenvalue weighted by molar-refractivity contribution is 8.18. The molecule has 0 spiro atoms. The molecule has 2 N–H and O–H groups in total. The van der Waals surface area contributed by atoms with Crippen LogP contribution in [0, 0.1) is 12.3 Å². The third-order valence-corrected chi connectivity index (χ3v) is 5.51. The molecule has 1 fully saturated rings. The summed E-state index contributed by atoms with van der Waals surface area (Å²) < 4.78 is 11.1. The highest BCUT2D eigenvalue weighted by Crippen LogP contribution is 2.38. The summed E-state index contributed by atoms with van der Waals surface area (Å²) in [6, 6.07) is 7.64. The average Bonchev–Trinajstić information content (AvgIpc) is 3.07. The molecule has 0 saturated carbocycles. The number of amidine groups is 1. The lowest BCUT2D eigenvalue weighted by molar-refractivity contribution is -0.115. The predicted octanol–water partition coefficient (Wildman–Crippen LogP) is 4.99. The Bertz CT molecular complexity index is 1190. The number of aliphatic imine (C=N–C) groups is 1. The maximum absolute atomic E-state index is 12.4. The molecule has 0 bridgehead atoms. The maximum atomic E-state index is 12.4. The van der Waals surface area contributed by atoms with E-state index in [1.165, 1.54) is 12.1 Å². The number of halogens is 2. The van der Waals surface area contributed by atoms with Crippen molar-refractivity contribution in [2.45, 2.75) is 6.92 Å². The van der Waals surface area contributed by atoms with Gasteiger partial charge < -0.3 is 19.9 Å². The van der Waals surface area contributed by atoms with Gasteiger partial charge in [-0.2, -0.15) is 0 Å². The van der Waals surface area contributed by atoms with Gasteiger partial charge in [-0.3, -0.25) is 4.79 Å². The molecular weight excluding hydrogens is 475 g/mol. The van der Waals surface area contributed by atoms with Crippen LogP contribution in [-0.2, 0) is 4.79 Å². The van der Waals surface area contributed by atoms with Crippen LogP contribution >= 0.6 is 35.0 Å². The van der Waals surface area contributed by atoms with Crippen LogP contribution in [0.4, 0.5) is 5.69 Å². The number of aromatic carboxylic acids is 1. The number of nitrogens with zero attached hydrogens (tertiary/aromatic N) is 1. The van der Waals surface area contributed by atoms with E-state index in [-0.39, 0.29) is 28.1 Å². The molecule has 0 unspecified atom stereocenters. The van der Waals surface area contributed by atoms with Crippen molar-refractivity contribution in [2.75, 3.05) is 13.2 Å². The topological polar surface area (TPSA) is 97.2 Å². The SMILES string of the molecule is C#CCOc1c(Cl)cc(/C=C2\SC(=Nc3ccc(Cl)c(C(=O)O)c3)NC2=O)cc1OCC. The van der Waals surface area contributed by atoms with Gasteiger partial charge in [-0.1, -0.05) is 29.1 Å². The number of carboxylic acids is 1. The smallest absolute Gasteiger partial charge is 0.337 e. The molecule has 0 atom stereocenters. The number of ether oxygens (including phenoxy) is 2. The molecule has 2 aromatic rings. The number of rotatable bonds is 7. The molecule has 0 aliphatic carbocycles. The second-order valence-corrected chi connectivity index (χ2v) is 8.05. The Morgan fingerprint density at radius 3 is 2.75 bits per heavy atom. The molecule has 0 radical (unpaired) electrons. The second kappa shape index (κ2) is 10.5. The van der Waals surface area contributed by atoms with Crippen LogP contribution in [0.15, 0.2) is 40.2 Å². The number of hydrogen-bond donors (Lipinski definition) is 2. The molecule has 32 heavy (non-hydrogen) atoms. The number of terminal acetylenes is 1. The number of amides is 1. The van der Waals surface area contributed by atoms with Gasteiger partial charge in [0.15, 0.2) is 16.7 Å². The standard InChI is InChI=1S/C22H16Cl2N2O5S/c1-3-7-31-19-16(24)8-12(9-17(19)30-4-2)10-18-20(27)26-22(32-18)25-13-5-6-15(23)14(11-13)21(28)29/h1,5-6,8-11H,4,7H2,2H3,(H,28,29)(H,25,26,27)/b18-10-. The van der Waals surface area contributed by atoms with E-state index in [0.717, 1.165) is 11.8 Å². The molecule has 0 aromatic heterocycles. The molecule has 1 heterocycles. The molecule has 1 aliphatic rings. The first-order valence-electron chi connectivity index (χ1n) is 9.17. The molecular formula is C22H16Cl2N2O5S. The van der Waals surface area contributed by atoms with Crippen molar-refractivity contribution >= 4 is 63.8 Å². The quantitative estimate of drug-likeness (QED) is 0.418. The number of carboxylic acid groups (broad SMARTS) is 1. The predicted molar refractivity (Wildman–Crippen MR) is 126 cm³/mol. The van der Waals surface area contributed by atoms with Crippen molar-refractivity contribution < 1.29 is 24.2 Å². The highest BCUT2D eigenvalue weighted by Gasteiger charge is 2.24. The van der Waals surface area contributed by atoms with Crippen LogP contribution in [-0.4, -0.2) is 35.4 Å². The van der Waals surface area contributed by atoms with Crippen LogP contribution < -0.4 is 14.8 Å². The minimum absolute atomic E-state index is 0.0343. The number of carbonyl (C=O) groups excluding carboxylic acids is 1. The van der Waals surface area contributed by atoms with Gasteiger partial charge in [-0.25, -0.2) is 9.79 Å². The average molecular weight is 491 g/mol. The van der Waals surface area contributed by atoms with Gasteiger partial charge in [-0.05, 0) is 60.7 Å². The van der Waals surface area contributed by atoms with Crippen molar-refractivity contribution in [2.24, 2.45) is 4.99 Å². The van der Waals surface area contributed by atoms with E-state index in [4.69, 9.17) is 39.1 Å². The first-order chi connectivity index (χ1) is 15.3. The number of thioether (sulfide) groups is 1. The molecule has 7 nitrogen and oxygen atoms in total. The van der Waals surface area contributed by atoms with Crippen molar-refractivity contribution in [1.82, 2.24) is 5.32 Å². The van der Waals surface area contributed by atoms with E-state index in [1.54, 1.807) is 24.3 Å². The fourth-order valence-electron chi connectivity index (χ4n) is 2.68. The molecule has 1 aliphatic heterocycles. The Morgan fingerprint density at radius 1 is 1.28 bits per heavy atom. The Balaban J connectivity index is 1.88. The molecule has 1 saturated heterocycles. The fourth-order valence-corrected chi connectivity index (χ4v) is 4.00. The third kappa shape index (κ3) is 5.56. The highest BCUT2D eigenvalue weighted by atomic mass is 35.5. The summed E-state index contributed by atoms with van der Waals surface area (Å²) in [7, 11) is 0. The van der Waals surface area contributed by atoms with Crippen LogP contribution in [0.1, 0.15) is 22.8 Å². The summed E-state index contributed by atoms with van der Waals surface area (Å²) in [6.07, 6.45) is 6.87. The minimum Gasteiger partial charge on any atom is -0.490 e. The van der Waals surface area contributed by atoms with Gasteiger partial charge in [0.1, 0.15) is 6.61 Å². The Hall–Kier alpha value is -3.12. The number of benzene rings is 2. The van der Waals surface area contributed by atoms with E-state index < -0.39 is 5.97 Å². The normalized spacial score (nSPS) is 15.5. The summed E-state index contributed by atoms with van der Waals surface area (Å²) in [4.78, 5) is 28.3. The zero-order valence-electron chi connectivity index (χ0n) is 16.6. The summed E-state index contributed by atoms with van der Waals surface area (Å²) in [6.45, 7) is 2.24. The Morgan fingerprint density at radius 2 is 2.06 bits per heavy atom. The number of carbonyl (C=O) groups is 2. The van der Waals surface area contributed by atoms with Gasteiger partial charge in [0.25, 0.3) is 5.91 Å². The Kier molecular flexibility index (Phi) is 7.70. The van der Waals surface area contributed by atoms with Gasteiger partial charge >= 0.3 is 5.97 Å². The van der Waals surface area contributed by atoms with Crippen molar-refractivity contribution in [1.29, 1.82) is 0 Å². The van der Waals surface area contributed by atoms with E-state index >= 15 is 0 Å². The van der Waals surface area contributed by atoms with Crippen molar-refractivity contribution in [3.05, 3.63) is 56.4 Å². The lowest BCUT2D eigenvalue weighted by Gasteiger charge is -2.13. The van der Waals surface area contributed by atoms with Crippen LogP contribution in [0.5, 0.6) is 11.5 Å². The summed E-state index contributed by atoms with van der Waals surface area (Å²) in [5, 5.41) is 12.5. The van der Waals surface area contributed by atoms with Gasteiger partial charge in [-0.15, -0.1) is 6.42 Å². The number of hydrogen-bond acceptors (Lipinski definition) is 6. The first kappa shape index (κ1) is 23.5. The van der Waals surface area contributed by atoms with E-state index in [1.807, 2.05) is 6.92 Å². The summed E-state index contributed by atoms with van der Waals surface area (Å²) in [5.41, 5.74) is 0.876. The number of nitrogens with one attached hydrogen (secondary N) is 1. The summed E-state index contributed by atoms with van der Waals surface area (Å²) >= 11 is 13.3. The monoisotopic (exact) mass is 490 g/mol. The summed E-state index contributed by atoms with van der Waals surface area (Å²) in [5.74, 6) is 1.58. The lowest BCUT2D eigenvalue weighted by atomic mass is 10.2. The lowest BCUT2D eigenvalue weighted by Crippen LogP contribution is -2.19. The minimum atomic E-state index is -1.17. The molecule has 164 valence electrons. The van der Waals surface area contributed by atoms with E-state index in [0.29, 0.717) is 39.4 Å². The van der Waals surface area contributed by atoms with E-state index in [9.17, 15) is 14.7 Å². The second-order valence-electron chi connectivity index (χ2n) is 6.21. The third-order valence-electron chi connectivity index (χ3n) is 3.99. The van der Waals surface area contributed by atoms with Crippen LogP contribution in [0.2, 0.25) is 10.0 Å². The van der Waals surface area contributed by atoms with Crippen LogP contribution in [0.3, 0.4) is 0 Å². The molecule has 10 heteroatoms. The largest absolute Gasteiger partial charge is 0.490 e. The first-order valence-corrected chi connectivity index (χ1v) is 10.7. The zero-order valence-corrected chi connectivity index (χ0v) is 19.0. The van der Waals surface area contributed by atoms with Crippen molar-refractivity contribution in [3.63, 3.8) is 0 Å². The van der Waals surface area contributed by atoms with Crippen molar-refractivity contribution in [3.8, 4) is 23.8 Å². The Labute approximate surface area is 198 Å². The molecule has 3 rings (SSSR count). The van der Waals surface area contributed by atoms with E-state index in [2.05, 4.69) is 16.2 Å². The van der Waals surface area contributed by atoms with Gasteiger partial charge in [0.2, 0.25) is 0 Å². The maximum Gasteiger partial charge on any atom is 0.337 e. The van der Waals surface area contributed by atoms with Gasteiger partial charge in [0.05, 0.1) is 32.8 Å². The fraction of sp³-hybridized carbons (Fsp3) is 0.136. The zero-order chi connectivity index (χ0) is 23.3. The molecule has 1 amide bonds. The molecule has 2 aromatic carbocycles.